The number of carbonyl (C=O) groups is 1. The van der Waals surface area contributed by atoms with Gasteiger partial charge in [-0.1, -0.05) is 45.7 Å². The zero-order chi connectivity index (χ0) is 19.4. The zero-order valence-electron chi connectivity index (χ0n) is 14.3. The van der Waals surface area contributed by atoms with Gasteiger partial charge >= 0.3 is 0 Å². The van der Waals surface area contributed by atoms with Gasteiger partial charge in [0.2, 0.25) is 15.9 Å². The van der Waals surface area contributed by atoms with Crippen molar-refractivity contribution in [3.05, 3.63) is 58.0 Å². The van der Waals surface area contributed by atoms with Gasteiger partial charge in [0.05, 0.1) is 10.8 Å². The SMILES string of the molecule is O=C(CSc1cccc(Br)c1)N1CCN(S(=O)(=O)c2ccccc2Cl)CC1. The van der Waals surface area contributed by atoms with Crippen LogP contribution in [0.4, 0.5) is 0 Å². The number of carbonyl (C=O) groups excluding carboxylic acids is 1. The standard InChI is InChI=1S/C18H18BrClN2O3S2/c19-14-4-3-5-15(12-14)26-13-18(23)21-8-10-22(11-9-21)27(24,25)17-7-2-1-6-16(17)20/h1-7,12H,8-11,13H2. The summed E-state index contributed by atoms with van der Waals surface area (Å²) in [6, 6.07) is 14.2. The Bertz CT molecular complexity index is 932. The number of hydrogen-bond donors (Lipinski definition) is 0. The normalized spacial score (nSPS) is 15.7. The van der Waals surface area contributed by atoms with Gasteiger partial charge in [-0.25, -0.2) is 8.42 Å². The minimum absolute atomic E-state index is 0.00904. The molecule has 0 saturated carbocycles. The molecule has 5 nitrogen and oxygen atoms in total. The fourth-order valence-electron chi connectivity index (χ4n) is 2.76. The fourth-order valence-corrected chi connectivity index (χ4v) is 6.09. The molecule has 1 saturated heterocycles. The van der Waals surface area contributed by atoms with Gasteiger partial charge in [-0.3, -0.25) is 4.79 Å². The molecule has 0 atom stereocenters. The molecular weight excluding hydrogens is 472 g/mol. The van der Waals surface area contributed by atoms with Crippen molar-refractivity contribution in [1.29, 1.82) is 0 Å². The first-order valence-electron chi connectivity index (χ1n) is 8.29. The first-order valence-corrected chi connectivity index (χ1v) is 11.9. The molecule has 2 aromatic carbocycles. The maximum absolute atomic E-state index is 12.8. The van der Waals surface area contributed by atoms with Gasteiger partial charge in [0.15, 0.2) is 0 Å². The molecule has 1 amide bonds. The summed E-state index contributed by atoms with van der Waals surface area (Å²) in [5, 5.41) is 0.210. The Hall–Kier alpha value is -1.06. The molecule has 1 aliphatic rings. The predicted octanol–water partition coefficient (Wildman–Crippen LogP) is 3.73. The molecule has 0 spiro atoms. The minimum Gasteiger partial charge on any atom is -0.339 e. The second-order valence-electron chi connectivity index (χ2n) is 5.96. The van der Waals surface area contributed by atoms with Crippen LogP contribution in [0.25, 0.3) is 0 Å². The van der Waals surface area contributed by atoms with Gasteiger partial charge < -0.3 is 4.90 Å². The van der Waals surface area contributed by atoms with Crippen LogP contribution in [-0.4, -0.2) is 55.5 Å². The molecule has 0 radical (unpaired) electrons. The van der Waals surface area contributed by atoms with E-state index in [9.17, 15) is 13.2 Å². The van der Waals surface area contributed by atoms with E-state index in [4.69, 9.17) is 11.6 Å². The number of rotatable bonds is 5. The molecule has 27 heavy (non-hydrogen) atoms. The Labute approximate surface area is 176 Å². The molecule has 144 valence electrons. The second kappa shape index (κ2) is 8.96. The van der Waals surface area contributed by atoms with Gasteiger partial charge in [-0.05, 0) is 30.3 Å². The highest BCUT2D eigenvalue weighted by atomic mass is 79.9. The molecule has 0 N–H and O–H groups in total. The van der Waals surface area contributed by atoms with E-state index in [2.05, 4.69) is 15.9 Å². The quantitative estimate of drug-likeness (QED) is 0.601. The zero-order valence-corrected chi connectivity index (χ0v) is 18.3. The van der Waals surface area contributed by atoms with Crippen LogP contribution in [0.1, 0.15) is 0 Å². The van der Waals surface area contributed by atoms with E-state index in [0.717, 1.165) is 9.37 Å². The van der Waals surface area contributed by atoms with Crippen molar-refractivity contribution in [2.24, 2.45) is 0 Å². The number of amides is 1. The van der Waals surface area contributed by atoms with Gasteiger partial charge in [0.1, 0.15) is 4.90 Å². The molecule has 0 unspecified atom stereocenters. The molecule has 0 bridgehead atoms. The topological polar surface area (TPSA) is 57.7 Å². The first kappa shape index (κ1) is 20.7. The van der Waals surface area contributed by atoms with Crippen LogP contribution in [0, 0.1) is 0 Å². The highest BCUT2D eigenvalue weighted by Gasteiger charge is 2.31. The molecule has 1 aliphatic heterocycles. The second-order valence-corrected chi connectivity index (χ2v) is 10.2. The van der Waals surface area contributed by atoms with E-state index in [1.54, 1.807) is 23.1 Å². The summed E-state index contributed by atoms with van der Waals surface area (Å²) in [6.07, 6.45) is 0. The number of hydrogen-bond acceptors (Lipinski definition) is 4. The molecule has 0 aromatic heterocycles. The Kier molecular flexibility index (Phi) is 6.86. The predicted molar refractivity (Wildman–Crippen MR) is 112 cm³/mol. The molecule has 0 aliphatic carbocycles. The van der Waals surface area contributed by atoms with Crippen molar-refractivity contribution < 1.29 is 13.2 Å². The van der Waals surface area contributed by atoms with E-state index >= 15 is 0 Å². The lowest BCUT2D eigenvalue weighted by atomic mass is 10.3. The summed E-state index contributed by atoms with van der Waals surface area (Å²) < 4.78 is 27.9. The van der Waals surface area contributed by atoms with Crippen molar-refractivity contribution in [2.45, 2.75) is 9.79 Å². The monoisotopic (exact) mass is 488 g/mol. The Morgan fingerprint density at radius 1 is 1.07 bits per heavy atom. The summed E-state index contributed by atoms with van der Waals surface area (Å²) in [4.78, 5) is 15.3. The maximum atomic E-state index is 12.8. The molecule has 9 heteroatoms. The third kappa shape index (κ3) is 5.06. The van der Waals surface area contributed by atoms with E-state index in [1.165, 1.54) is 22.1 Å². The van der Waals surface area contributed by atoms with Gasteiger partial charge in [0.25, 0.3) is 0 Å². The van der Waals surface area contributed by atoms with Crippen molar-refractivity contribution in [3.63, 3.8) is 0 Å². The van der Waals surface area contributed by atoms with E-state index in [-0.39, 0.29) is 28.9 Å². The summed E-state index contributed by atoms with van der Waals surface area (Å²) in [5.41, 5.74) is 0. The average molecular weight is 490 g/mol. The summed E-state index contributed by atoms with van der Waals surface area (Å²) in [6.45, 7) is 1.28. The number of piperazine rings is 1. The third-order valence-corrected chi connectivity index (χ3v) is 8.07. The average Bonchev–Trinajstić information content (AvgIpc) is 2.66. The molecule has 1 fully saturated rings. The maximum Gasteiger partial charge on any atom is 0.244 e. The van der Waals surface area contributed by atoms with Gasteiger partial charge in [-0.2, -0.15) is 4.31 Å². The van der Waals surface area contributed by atoms with Crippen molar-refractivity contribution in [2.75, 3.05) is 31.9 Å². The lowest BCUT2D eigenvalue weighted by Crippen LogP contribution is -2.51. The van der Waals surface area contributed by atoms with Crippen molar-refractivity contribution >= 4 is 55.2 Å². The number of thioether (sulfide) groups is 1. The summed E-state index contributed by atoms with van der Waals surface area (Å²) >= 11 is 10.9. The molecule has 2 aromatic rings. The smallest absolute Gasteiger partial charge is 0.244 e. The summed E-state index contributed by atoms with van der Waals surface area (Å²) in [5.74, 6) is 0.336. The summed E-state index contributed by atoms with van der Waals surface area (Å²) in [7, 11) is -3.65. The highest BCUT2D eigenvalue weighted by Crippen LogP contribution is 2.26. The van der Waals surface area contributed by atoms with Crippen LogP contribution in [-0.2, 0) is 14.8 Å². The van der Waals surface area contributed by atoms with Crippen LogP contribution in [0.5, 0.6) is 0 Å². The van der Waals surface area contributed by atoms with E-state index in [0.29, 0.717) is 18.8 Å². The lowest BCUT2D eigenvalue weighted by molar-refractivity contribution is -0.129. The van der Waals surface area contributed by atoms with Crippen LogP contribution in [0.15, 0.2) is 62.8 Å². The van der Waals surface area contributed by atoms with E-state index < -0.39 is 10.0 Å². The van der Waals surface area contributed by atoms with Crippen LogP contribution in [0.3, 0.4) is 0 Å². The third-order valence-electron chi connectivity index (χ3n) is 4.20. The Morgan fingerprint density at radius 3 is 2.44 bits per heavy atom. The Morgan fingerprint density at radius 2 is 1.78 bits per heavy atom. The number of nitrogens with zero attached hydrogens (tertiary/aromatic N) is 2. The van der Waals surface area contributed by atoms with Gasteiger partial charge in [-0.15, -0.1) is 11.8 Å². The van der Waals surface area contributed by atoms with Crippen LogP contribution in [0.2, 0.25) is 5.02 Å². The number of halogens is 2. The molecule has 3 rings (SSSR count). The minimum atomic E-state index is -3.65. The van der Waals surface area contributed by atoms with Gasteiger partial charge in [0, 0.05) is 35.5 Å². The first-order chi connectivity index (χ1) is 12.9. The molecule has 1 heterocycles. The number of benzene rings is 2. The largest absolute Gasteiger partial charge is 0.339 e. The van der Waals surface area contributed by atoms with Crippen LogP contribution >= 0.6 is 39.3 Å². The van der Waals surface area contributed by atoms with Crippen molar-refractivity contribution in [1.82, 2.24) is 9.21 Å². The van der Waals surface area contributed by atoms with Crippen molar-refractivity contribution in [3.8, 4) is 0 Å². The van der Waals surface area contributed by atoms with E-state index in [1.807, 2.05) is 24.3 Å². The fraction of sp³-hybridized carbons (Fsp3) is 0.278. The Balaban J connectivity index is 1.57. The lowest BCUT2D eigenvalue weighted by Gasteiger charge is -2.34. The molecular formula is C18H18BrClN2O3S2. The number of sulfonamides is 1. The van der Waals surface area contributed by atoms with Crippen LogP contribution < -0.4 is 0 Å². The highest BCUT2D eigenvalue weighted by molar-refractivity contribution is 9.10.